The van der Waals surface area contributed by atoms with Crippen molar-refractivity contribution in [3.8, 4) is 5.75 Å². The summed E-state index contributed by atoms with van der Waals surface area (Å²) in [4.78, 5) is 13.7. The van der Waals surface area contributed by atoms with E-state index in [1.54, 1.807) is 28.6 Å². The Morgan fingerprint density at radius 2 is 2.00 bits per heavy atom. The molecule has 0 saturated heterocycles. The van der Waals surface area contributed by atoms with Crippen LogP contribution >= 0.6 is 11.6 Å². The number of benzene rings is 1. The number of hydrogen-bond acceptors (Lipinski definition) is 4. The van der Waals surface area contributed by atoms with Crippen molar-refractivity contribution in [3.63, 3.8) is 0 Å². The molecular weight excluding hydrogens is 354 g/mol. The number of rotatable bonds is 4. The fourth-order valence-corrected chi connectivity index (χ4v) is 3.84. The molecule has 0 unspecified atom stereocenters. The maximum absolute atomic E-state index is 12.5. The highest BCUT2D eigenvalue weighted by Crippen LogP contribution is 2.29. The molecule has 2 aromatic rings. The second-order valence-electron chi connectivity index (χ2n) is 5.44. The predicted molar refractivity (Wildman–Crippen MR) is 90.2 cm³/mol. The number of nitrogens with zero attached hydrogens (tertiary/aromatic N) is 2. The third-order valence-electron chi connectivity index (χ3n) is 3.83. The van der Waals surface area contributed by atoms with Crippen LogP contribution in [0.3, 0.4) is 0 Å². The standard InChI is InChI=1S/C15H16ClN3O4S/c1-18-5-6-19-9-11(8-13(19)15(18)20)24(21,22)17-10-3-4-14(23-2)12(16)7-10/h3-4,7-9,17H,5-6H2,1-2H3. The van der Waals surface area contributed by atoms with Crippen LogP contribution in [0.15, 0.2) is 35.4 Å². The van der Waals surface area contributed by atoms with Gasteiger partial charge in [-0.2, -0.15) is 0 Å². The van der Waals surface area contributed by atoms with Crippen molar-refractivity contribution < 1.29 is 17.9 Å². The van der Waals surface area contributed by atoms with E-state index in [1.165, 1.54) is 25.4 Å². The number of fused-ring (bicyclic) bond motifs is 1. The molecule has 0 saturated carbocycles. The molecule has 128 valence electrons. The summed E-state index contributed by atoms with van der Waals surface area (Å²) >= 11 is 6.01. The van der Waals surface area contributed by atoms with Crippen LogP contribution in [0.2, 0.25) is 5.02 Å². The second kappa shape index (κ2) is 6.03. The molecule has 0 aliphatic carbocycles. The van der Waals surface area contributed by atoms with E-state index in [1.807, 2.05) is 0 Å². The lowest BCUT2D eigenvalue weighted by molar-refractivity contribution is 0.0749. The van der Waals surface area contributed by atoms with E-state index in [4.69, 9.17) is 16.3 Å². The van der Waals surface area contributed by atoms with Crippen LogP contribution in [0, 0.1) is 0 Å². The van der Waals surface area contributed by atoms with Crippen molar-refractivity contribution in [3.05, 3.63) is 41.2 Å². The zero-order chi connectivity index (χ0) is 17.5. The van der Waals surface area contributed by atoms with E-state index in [0.717, 1.165) is 0 Å². The van der Waals surface area contributed by atoms with Crippen LogP contribution in [0.5, 0.6) is 5.75 Å². The summed E-state index contributed by atoms with van der Waals surface area (Å²) < 4.78 is 34.2. The molecule has 0 radical (unpaired) electrons. The molecule has 1 aliphatic rings. The van der Waals surface area contributed by atoms with E-state index < -0.39 is 10.0 Å². The number of likely N-dealkylation sites (N-methyl/N-ethyl adjacent to an activating group) is 1. The van der Waals surface area contributed by atoms with Crippen LogP contribution in [0.1, 0.15) is 10.5 Å². The fraction of sp³-hybridized carbons (Fsp3) is 0.267. The number of halogens is 1. The predicted octanol–water partition coefficient (Wildman–Crippen LogP) is 2.04. The zero-order valence-corrected chi connectivity index (χ0v) is 14.7. The number of methoxy groups -OCH3 is 1. The first-order valence-electron chi connectivity index (χ1n) is 7.14. The first kappa shape index (κ1) is 16.7. The van der Waals surface area contributed by atoms with Crippen molar-refractivity contribution in [1.29, 1.82) is 0 Å². The molecule has 1 aromatic carbocycles. The molecule has 9 heteroatoms. The van der Waals surface area contributed by atoms with Gasteiger partial charge in [-0.05, 0) is 24.3 Å². The largest absolute Gasteiger partial charge is 0.495 e. The third-order valence-corrected chi connectivity index (χ3v) is 5.47. The maximum atomic E-state index is 12.5. The molecule has 0 spiro atoms. The van der Waals surface area contributed by atoms with Gasteiger partial charge in [0.05, 0.1) is 17.8 Å². The molecule has 7 nitrogen and oxygen atoms in total. The Morgan fingerprint density at radius 3 is 2.67 bits per heavy atom. The summed E-state index contributed by atoms with van der Waals surface area (Å²) in [7, 11) is -0.664. The molecule has 3 rings (SSSR count). The molecule has 0 fully saturated rings. The summed E-state index contributed by atoms with van der Waals surface area (Å²) in [5.74, 6) is 0.253. The summed E-state index contributed by atoms with van der Waals surface area (Å²) in [6.07, 6.45) is 1.47. The van der Waals surface area contributed by atoms with E-state index >= 15 is 0 Å². The van der Waals surface area contributed by atoms with Gasteiger partial charge in [0.15, 0.2) is 0 Å². The monoisotopic (exact) mass is 369 g/mol. The van der Waals surface area contributed by atoms with Crippen molar-refractivity contribution in [2.75, 3.05) is 25.4 Å². The minimum Gasteiger partial charge on any atom is -0.495 e. The van der Waals surface area contributed by atoms with Crippen molar-refractivity contribution in [1.82, 2.24) is 9.47 Å². The highest BCUT2D eigenvalue weighted by molar-refractivity contribution is 7.92. The van der Waals surface area contributed by atoms with Crippen molar-refractivity contribution in [2.24, 2.45) is 0 Å². The topological polar surface area (TPSA) is 80.6 Å². The smallest absolute Gasteiger partial charge is 0.270 e. The number of ether oxygens (including phenoxy) is 1. The van der Waals surface area contributed by atoms with Gasteiger partial charge < -0.3 is 14.2 Å². The van der Waals surface area contributed by atoms with E-state index in [0.29, 0.717) is 35.2 Å². The number of carbonyl (C=O) groups is 1. The molecule has 24 heavy (non-hydrogen) atoms. The lowest BCUT2D eigenvalue weighted by atomic mass is 10.3. The summed E-state index contributed by atoms with van der Waals surface area (Å²) in [6, 6.07) is 5.97. The van der Waals surface area contributed by atoms with Gasteiger partial charge in [0.1, 0.15) is 16.3 Å². The fourth-order valence-electron chi connectivity index (χ4n) is 2.49. The Bertz CT molecular complexity index is 907. The Morgan fingerprint density at radius 1 is 1.25 bits per heavy atom. The molecule has 1 N–H and O–H groups in total. The molecule has 1 aliphatic heterocycles. The summed E-state index contributed by atoms with van der Waals surface area (Å²) in [5, 5.41) is 0.297. The highest BCUT2D eigenvalue weighted by atomic mass is 35.5. The minimum atomic E-state index is -3.83. The SMILES string of the molecule is COc1ccc(NS(=O)(=O)c2cc3n(c2)CCN(C)C3=O)cc1Cl. The zero-order valence-electron chi connectivity index (χ0n) is 13.1. The summed E-state index contributed by atoms with van der Waals surface area (Å²) in [5.41, 5.74) is 0.672. The first-order chi connectivity index (χ1) is 11.3. The number of hydrogen-bond donors (Lipinski definition) is 1. The number of sulfonamides is 1. The van der Waals surface area contributed by atoms with Gasteiger partial charge in [-0.15, -0.1) is 0 Å². The van der Waals surface area contributed by atoms with Gasteiger partial charge in [0, 0.05) is 26.3 Å². The van der Waals surface area contributed by atoms with Gasteiger partial charge in [-0.25, -0.2) is 8.42 Å². The molecule has 2 heterocycles. The second-order valence-corrected chi connectivity index (χ2v) is 7.53. The molecule has 1 amide bonds. The number of amides is 1. The van der Waals surface area contributed by atoms with Crippen LogP contribution in [0.25, 0.3) is 0 Å². The third kappa shape index (κ3) is 2.94. The molecule has 0 bridgehead atoms. The van der Waals surface area contributed by atoms with Crippen LogP contribution in [-0.4, -0.2) is 44.5 Å². The lowest BCUT2D eigenvalue weighted by Gasteiger charge is -2.23. The van der Waals surface area contributed by atoms with Gasteiger partial charge >= 0.3 is 0 Å². The van der Waals surface area contributed by atoms with Crippen molar-refractivity contribution >= 4 is 33.2 Å². The van der Waals surface area contributed by atoms with Gasteiger partial charge in [0.2, 0.25) is 0 Å². The Balaban J connectivity index is 1.90. The average Bonchev–Trinajstić information content (AvgIpc) is 2.97. The average molecular weight is 370 g/mol. The van der Waals surface area contributed by atoms with Gasteiger partial charge in [0.25, 0.3) is 15.9 Å². The quantitative estimate of drug-likeness (QED) is 0.894. The van der Waals surface area contributed by atoms with E-state index in [2.05, 4.69) is 4.72 Å². The van der Waals surface area contributed by atoms with Crippen LogP contribution in [-0.2, 0) is 16.6 Å². The summed E-state index contributed by atoms with van der Waals surface area (Å²) in [6.45, 7) is 1.10. The lowest BCUT2D eigenvalue weighted by Crippen LogP contribution is -2.36. The Labute approximate surface area is 144 Å². The number of aromatic nitrogens is 1. The number of anilines is 1. The van der Waals surface area contributed by atoms with E-state index in [-0.39, 0.29) is 10.8 Å². The molecule has 0 atom stereocenters. The molecule has 1 aromatic heterocycles. The Hall–Kier alpha value is -2.19. The maximum Gasteiger partial charge on any atom is 0.270 e. The first-order valence-corrected chi connectivity index (χ1v) is 9.00. The van der Waals surface area contributed by atoms with Gasteiger partial charge in [-0.3, -0.25) is 9.52 Å². The number of carbonyl (C=O) groups excluding carboxylic acids is 1. The van der Waals surface area contributed by atoms with E-state index in [9.17, 15) is 13.2 Å². The molecular formula is C15H16ClN3O4S. The minimum absolute atomic E-state index is 0.0353. The highest BCUT2D eigenvalue weighted by Gasteiger charge is 2.26. The van der Waals surface area contributed by atoms with Crippen LogP contribution < -0.4 is 9.46 Å². The normalized spacial score (nSPS) is 14.5. The van der Waals surface area contributed by atoms with Crippen molar-refractivity contribution in [2.45, 2.75) is 11.4 Å². The van der Waals surface area contributed by atoms with Crippen LogP contribution in [0.4, 0.5) is 5.69 Å². The Kier molecular flexibility index (Phi) is 4.18. The van der Waals surface area contributed by atoms with Gasteiger partial charge in [-0.1, -0.05) is 11.6 Å². The number of nitrogens with one attached hydrogen (secondary N) is 1.